The Labute approximate surface area is 105 Å². The molecule has 1 N–H and O–H groups in total. The van der Waals surface area contributed by atoms with E-state index in [2.05, 4.69) is 19.0 Å². The van der Waals surface area contributed by atoms with Crippen LogP contribution in [-0.4, -0.2) is 16.2 Å². The lowest BCUT2D eigenvalue weighted by molar-refractivity contribution is 0.0696. The summed E-state index contributed by atoms with van der Waals surface area (Å²) in [4.78, 5) is 11.3. The molecule has 0 unspecified atom stereocenters. The van der Waals surface area contributed by atoms with Crippen LogP contribution in [0.4, 0.5) is 0 Å². The SMILES string of the molecule is Cc1onc(-c2ccccc2C(C)C)c1C(=O)O. The number of carboxylic acid groups (broad SMARTS) is 1. The van der Waals surface area contributed by atoms with E-state index < -0.39 is 5.97 Å². The van der Waals surface area contributed by atoms with Crippen molar-refractivity contribution in [2.45, 2.75) is 26.7 Å². The van der Waals surface area contributed by atoms with Crippen molar-refractivity contribution in [3.05, 3.63) is 41.2 Å². The molecule has 0 saturated carbocycles. The average molecular weight is 245 g/mol. The Kier molecular flexibility index (Phi) is 3.19. The van der Waals surface area contributed by atoms with Gasteiger partial charge in [0, 0.05) is 5.56 Å². The molecule has 0 radical (unpaired) electrons. The number of nitrogens with zero attached hydrogens (tertiary/aromatic N) is 1. The number of carboxylic acids is 1. The molecule has 0 aliphatic heterocycles. The molecule has 0 saturated heterocycles. The second-order valence-electron chi connectivity index (χ2n) is 4.51. The molecule has 2 aromatic rings. The predicted octanol–water partition coefficient (Wildman–Crippen LogP) is 3.47. The van der Waals surface area contributed by atoms with Gasteiger partial charge in [-0.1, -0.05) is 43.3 Å². The van der Waals surface area contributed by atoms with Crippen molar-refractivity contribution in [3.8, 4) is 11.3 Å². The molecule has 1 heterocycles. The van der Waals surface area contributed by atoms with Crippen LogP contribution in [0.2, 0.25) is 0 Å². The van der Waals surface area contributed by atoms with Gasteiger partial charge < -0.3 is 9.63 Å². The van der Waals surface area contributed by atoms with E-state index in [1.54, 1.807) is 6.92 Å². The van der Waals surface area contributed by atoms with Crippen LogP contribution in [0.1, 0.15) is 41.4 Å². The largest absolute Gasteiger partial charge is 0.477 e. The van der Waals surface area contributed by atoms with Crippen LogP contribution in [0.15, 0.2) is 28.8 Å². The first-order valence-electron chi connectivity index (χ1n) is 5.81. The van der Waals surface area contributed by atoms with Gasteiger partial charge in [-0.25, -0.2) is 4.79 Å². The Morgan fingerprint density at radius 2 is 2.00 bits per heavy atom. The molecule has 94 valence electrons. The van der Waals surface area contributed by atoms with Gasteiger partial charge in [0.2, 0.25) is 0 Å². The van der Waals surface area contributed by atoms with Gasteiger partial charge in [-0.05, 0) is 18.4 Å². The minimum absolute atomic E-state index is 0.142. The summed E-state index contributed by atoms with van der Waals surface area (Å²) in [5, 5.41) is 13.1. The highest BCUT2D eigenvalue weighted by Gasteiger charge is 2.22. The Bertz CT molecular complexity index is 584. The quantitative estimate of drug-likeness (QED) is 0.899. The van der Waals surface area contributed by atoms with Crippen molar-refractivity contribution >= 4 is 5.97 Å². The summed E-state index contributed by atoms with van der Waals surface area (Å²) in [6.45, 7) is 5.73. The summed E-state index contributed by atoms with van der Waals surface area (Å²) in [5.74, 6) is -0.391. The van der Waals surface area contributed by atoms with E-state index in [9.17, 15) is 9.90 Å². The third-order valence-corrected chi connectivity index (χ3v) is 2.91. The molecule has 4 nitrogen and oxygen atoms in total. The van der Waals surface area contributed by atoms with Crippen LogP contribution < -0.4 is 0 Å². The monoisotopic (exact) mass is 245 g/mol. The third-order valence-electron chi connectivity index (χ3n) is 2.91. The van der Waals surface area contributed by atoms with Crippen molar-refractivity contribution < 1.29 is 14.4 Å². The summed E-state index contributed by atoms with van der Waals surface area (Å²) < 4.78 is 5.02. The van der Waals surface area contributed by atoms with E-state index in [1.165, 1.54) is 0 Å². The van der Waals surface area contributed by atoms with Crippen LogP contribution >= 0.6 is 0 Å². The number of hydrogen-bond acceptors (Lipinski definition) is 3. The predicted molar refractivity (Wildman–Crippen MR) is 67.7 cm³/mol. The van der Waals surface area contributed by atoms with Gasteiger partial charge in [-0.2, -0.15) is 0 Å². The minimum Gasteiger partial charge on any atom is -0.477 e. The molecule has 1 aromatic heterocycles. The van der Waals surface area contributed by atoms with E-state index >= 15 is 0 Å². The lowest BCUT2D eigenvalue weighted by Crippen LogP contribution is -2.01. The number of aryl methyl sites for hydroxylation is 1. The maximum Gasteiger partial charge on any atom is 0.341 e. The second kappa shape index (κ2) is 4.64. The molecular weight excluding hydrogens is 230 g/mol. The van der Waals surface area contributed by atoms with Gasteiger partial charge in [0.15, 0.2) is 0 Å². The van der Waals surface area contributed by atoms with E-state index in [4.69, 9.17) is 4.52 Å². The summed E-state index contributed by atoms with van der Waals surface area (Å²) in [6, 6.07) is 7.66. The molecule has 4 heteroatoms. The smallest absolute Gasteiger partial charge is 0.341 e. The van der Waals surface area contributed by atoms with Crippen molar-refractivity contribution in [1.29, 1.82) is 0 Å². The first kappa shape index (κ1) is 12.4. The number of rotatable bonds is 3. The fraction of sp³-hybridized carbons (Fsp3) is 0.286. The zero-order valence-corrected chi connectivity index (χ0v) is 10.6. The molecule has 0 amide bonds. The highest BCUT2D eigenvalue weighted by molar-refractivity contribution is 5.96. The van der Waals surface area contributed by atoms with Gasteiger partial charge in [-0.15, -0.1) is 0 Å². The van der Waals surface area contributed by atoms with Crippen LogP contribution in [0.25, 0.3) is 11.3 Å². The first-order valence-corrected chi connectivity index (χ1v) is 5.81. The zero-order valence-electron chi connectivity index (χ0n) is 10.6. The molecule has 0 bridgehead atoms. The van der Waals surface area contributed by atoms with Crippen LogP contribution in [-0.2, 0) is 0 Å². The van der Waals surface area contributed by atoms with Gasteiger partial charge in [0.05, 0.1) is 0 Å². The summed E-state index contributed by atoms with van der Waals surface area (Å²) >= 11 is 0. The third kappa shape index (κ3) is 2.01. The molecule has 1 aromatic carbocycles. The average Bonchev–Trinajstić information content (AvgIpc) is 2.71. The Morgan fingerprint density at radius 1 is 1.33 bits per heavy atom. The number of aromatic carboxylic acids is 1. The van der Waals surface area contributed by atoms with Gasteiger partial charge in [0.25, 0.3) is 0 Å². The Hall–Kier alpha value is -2.10. The van der Waals surface area contributed by atoms with Crippen molar-refractivity contribution in [2.24, 2.45) is 0 Å². The van der Waals surface area contributed by atoms with Crippen LogP contribution in [0.3, 0.4) is 0 Å². The van der Waals surface area contributed by atoms with Crippen molar-refractivity contribution in [2.75, 3.05) is 0 Å². The molecule has 0 aliphatic carbocycles. The molecule has 0 fully saturated rings. The van der Waals surface area contributed by atoms with Crippen LogP contribution in [0.5, 0.6) is 0 Å². The molecule has 0 atom stereocenters. The second-order valence-corrected chi connectivity index (χ2v) is 4.51. The number of carbonyl (C=O) groups is 1. The molecule has 2 rings (SSSR count). The Morgan fingerprint density at radius 3 is 2.61 bits per heavy atom. The minimum atomic E-state index is -1.01. The van der Waals surface area contributed by atoms with E-state index in [0.717, 1.165) is 11.1 Å². The number of benzene rings is 1. The van der Waals surface area contributed by atoms with Gasteiger partial charge in [-0.3, -0.25) is 0 Å². The first-order chi connectivity index (χ1) is 8.52. The maximum absolute atomic E-state index is 11.3. The molecule has 0 spiro atoms. The molecule has 18 heavy (non-hydrogen) atoms. The van der Waals surface area contributed by atoms with Crippen molar-refractivity contribution in [3.63, 3.8) is 0 Å². The maximum atomic E-state index is 11.3. The topological polar surface area (TPSA) is 63.3 Å². The number of aromatic nitrogens is 1. The fourth-order valence-electron chi connectivity index (χ4n) is 2.02. The lowest BCUT2D eigenvalue weighted by atomic mass is 9.93. The molecular formula is C14H15NO3. The summed E-state index contributed by atoms with van der Waals surface area (Å²) in [5.41, 5.74) is 2.43. The van der Waals surface area contributed by atoms with Gasteiger partial charge in [0.1, 0.15) is 17.0 Å². The molecule has 0 aliphatic rings. The number of hydrogen-bond donors (Lipinski definition) is 1. The highest BCUT2D eigenvalue weighted by atomic mass is 16.5. The fourth-order valence-corrected chi connectivity index (χ4v) is 2.02. The normalized spacial score (nSPS) is 10.9. The zero-order chi connectivity index (χ0) is 13.3. The van der Waals surface area contributed by atoms with Crippen molar-refractivity contribution in [1.82, 2.24) is 5.16 Å². The van der Waals surface area contributed by atoms with E-state index in [1.807, 2.05) is 24.3 Å². The highest BCUT2D eigenvalue weighted by Crippen LogP contribution is 2.31. The Balaban J connectivity index is 2.66. The standard InChI is InChI=1S/C14H15NO3/c1-8(2)10-6-4-5-7-11(10)13-12(14(16)17)9(3)18-15-13/h4-8H,1-3H3,(H,16,17). The summed E-state index contributed by atoms with van der Waals surface area (Å²) in [6.07, 6.45) is 0. The lowest BCUT2D eigenvalue weighted by Gasteiger charge is -2.10. The summed E-state index contributed by atoms with van der Waals surface area (Å²) in [7, 11) is 0. The van der Waals surface area contributed by atoms with Crippen LogP contribution in [0, 0.1) is 6.92 Å². The van der Waals surface area contributed by atoms with E-state index in [0.29, 0.717) is 17.4 Å². The van der Waals surface area contributed by atoms with E-state index in [-0.39, 0.29) is 5.56 Å². The van der Waals surface area contributed by atoms with Gasteiger partial charge >= 0.3 is 5.97 Å².